The van der Waals surface area contributed by atoms with Gasteiger partial charge in [-0.1, -0.05) is 42.5 Å². The molecule has 0 aliphatic rings. The van der Waals surface area contributed by atoms with Crippen LogP contribution < -0.4 is 10.2 Å². The molecule has 0 radical (unpaired) electrons. The van der Waals surface area contributed by atoms with E-state index in [-0.39, 0.29) is 5.76 Å². The highest BCUT2D eigenvalue weighted by Gasteiger charge is 2.10. The first-order chi connectivity index (χ1) is 12.2. The molecule has 1 N–H and O–H groups in total. The summed E-state index contributed by atoms with van der Waals surface area (Å²) >= 11 is 0. The van der Waals surface area contributed by atoms with Crippen molar-refractivity contribution in [2.24, 2.45) is 5.10 Å². The lowest BCUT2D eigenvalue weighted by Crippen LogP contribution is -2.18. The molecule has 0 bridgehead atoms. The molecule has 5 heteroatoms. The standard InChI is InChI=1S/C20H18N2O3/c1-15(21-22-20(23)19-12-7-13-24-19)17-10-5-6-11-18(17)25-14-16-8-3-2-4-9-16/h2-13H,14H2,1H3,(H,22,23)/b21-15-. The van der Waals surface area contributed by atoms with E-state index in [2.05, 4.69) is 10.5 Å². The average molecular weight is 334 g/mol. The molecule has 3 aromatic rings. The van der Waals surface area contributed by atoms with Crippen molar-refractivity contribution in [2.75, 3.05) is 0 Å². The average Bonchev–Trinajstić information content (AvgIpc) is 3.20. The number of rotatable bonds is 6. The molecule has 1 amide bonds. The van der Waals surface area contributed by atoms with Gasteiger partial charge in [-0.25, -0.2) is 5.43 Å². The first-order valence-corrected chi connectivity index (χ1v) is 7.88. The third-order valence-corrected chi connectivity index (χ3v) is 3.58. The van der Waals surface area contributed by atoms with Crippen LogP contribution in [0, 0.1) is 0 Å². The molecule has 0 unspecified atom stereocenters. The Morgan fingerprint density at radius 3 is 2.56 bits per heavy atom. The summed E-state index contributed by atoms with van der Waals surface area (Å²) in [6.45, 7) is 2.27. The molecule has 0 atom stereocenters. The predicted molar refractivity (Wildman–Crippen MR) is 95.6 cm³/mol. The number of carbonyl (C=O) groups is 1. The van der Waals surface area contributed by atoms with Crippen LogP contribution in [0.1, 0.15) is 28.6 Å². The summed E-state index contributed by atoms with van der Waals surface area (Å²) in [5.41, 5.74) is 5.03. The van der Waals surface area contributed by atoms with Crippen LogP contribution in [0.15, 0.2) is 82.5 Å². The monoisotopic (exact) mass is 334 g/mol. The van der Waals surface area contributed by atoms with Crippen molar-refractivity contribution >= 4 is 11.6 Å². The van der Waals surface area contributed by atoms with Gasteiger partial charge < -0.3 is 9.15 Å². The molecule has 2 aromatic carbocycles. The van der Waals surface area contributed by atoms with E-state index < -0.39 is 5.91 Å². The van der Waals surface area contributed by atoms with E-state index in [1.165, 1.54) is 6.26 Å². The third-order valence-electron chi connectivity index (χ3n) is 3.58. The van der Waals surface area contributed by atoms with E-state index in [0.717, 1.165) is 11.1 Å². The number of carbonyl (C=O) groups excluding carboxylic acids is 1. The lowest BCUT2D eigenvalue weighted by atomic mass is 10.1. The summed E-state index contributed by atoms with van der Waals surface area (Å²) in [6.07, 6.45) is 1.44. The Kier molecular flexibility index (Phi) is 5.26. The largest absolute Gasteiger partial charge is 0.488 e. The molecule has 0 saturated carbocycles. The van der Waals surface area contributed by atoms with Crippen LogP contribution in [0.3, 0.4) is 0 Å². The number of hydrogen-bond donors (Lipinski definition) is 1. The van der Waals surface area contributed by atoms with Gasteiger partial charge >= 0.3 is 5.91 Å². The van der Waals surface area contributed by atoms with E-state index in [1.807, 2.05) is 61.5 Å². The number of hydrazone groups is 1. The van der Waals surface area contributed by atoms with Gasteiger partial charge in [-0.3, -0.25) is 4.79 Å². The van der Waals surface area contributed by atoms with E-state index >= 15 is 0 Å². The lowest BCUT2D eigenvalue weighted by Gasteiger charge is -2.11. The maximum atomic E-state index is 11.9. The molecule has 0 fully saturated rings. The van der Waals surface area contributed by atoms with Crippen molar-refractivity contribution in [1.82, 2.24) is 5.43 Å². The van der Waals surface area contributed by atoms with E-state index in [4.69, 9.17) is 9.15 Å². The SMILES string of the molecule is C/C(=N/NC(=O)c1ccco1)c1ccccc1OCc1ccccc1. The molecule has 1 aromatic heterocycles. The Bertz CT molecular complexity index is 856. The number of para-hydroxylation sites is 1. The molecule has 25 heavy (non-hydrogen) atoms. The van der Waals surface area contributed by atoms with Crippen LogP contribution in [-0.4, -0.2) is 11.6 Å². The molecular formula is C20H18N2O3. The molecule has 0 aliphatic heterocycles. The molecule has 5 nitrogen and oxygen atoms in total. The zero-order valence-corrected chi connectivity index (χ0v) is 13.8. The highest BCUT2D eigenvalue weighted by molar-refractivity contribution is 6.02. The van der Waals surface area contributed by atoms with Crippen LogP contribution >= 0.6 is 0 Å². The van der Waals surface area contributed by atoms with Crippen LogP contribution in [-0.2, 0) is 6.61 Å². The van der Waals surface area contributed by atoms with Gasteiger partial charge in [-0.15, -0.1) is 0 Å². The second-order valence-electron chi connectivity index (χ2n) is 5.39. The Morgan fingerprint density at radius 2 is 1.80 bits per heavy atom. The number of hydrogen-bond acceptors (Lipinski definition) is 4. The topological polar surface area (TPSA) is 63.8 Å². The summed E-state index contributed by atoms with van der Waals surface area (Å²) in [5.74, 6) is 0.525. The zero-order valence-electron chi connectivity index (χ0n) is 13.8. The van der Waals surface area contributed by atoms with Gasteiger partial charge in [-0.05, 0) is 36.8 Å². The molecule has 3 rings (SSSR count). The van der Waals surface area contributed by atoms with Crippen molar-refractivity contribution in [3.05, 3.63) is 89.9 Å². The molecule has 0 saturated heterocycles. The van der Waals surface area contributed by atoms with E-state index in [1.54, 1.807) is 12.1 Å². The Labute approximate surface area is 145 Å². The minimum atomic E-state index is -0.396. The fraction of sp³-hybridized carbons (Fsp3) is 0.100. The number of ether oxygens (including phenoxy) is 1. The van der Waals surface area contributed by atoms with Crippen LogP contribution in [0.5, 0.6) is 5.75 Å². The fourth-order valence-corrected chi connectivity index (χ4v) is 2.28. The number of nitrogens with one attached hydrogen (secondary N) is 1. The normalized spacial score (nSPS) is 11.2. The summed E-state index contributed by atoms with van der Waals surface area (Å²) in [6, 6.07) is 20.7. The number of benzene rings is 2. The summed E-state index contributed by atoms with van der Waals surface area (Å²) in [5, 5.41) is 4.14. The molecule has 0 aliphatic carbocycles. The quantitative estimate of drug-likeness (QED) is 0.547. The Hall–Kier alpha value is -3.34. The second kappa shape index (κ2) is 7.97. The minimum absolute atomic E-state index is 0.213. The molecule has 0 spiro atoms. The van der Waals surface area contributed by atoms with Gasteiger partial charge in [0.05, 0.1) is 12.0 Å². The van der Waals surface area contributed by atoms with E-state index in [9.17, 15) is 4.79 Å². The summed E-state index contributed by atoms with van der Waals surface area (Å²) < 4.78 is 10.9. The second-order valence-corrected chi connectivity index (χ2v) is 5.39. The summed E-state index contributed by atoms with van der Waals surface area (Å²) in [7, 11) is 0. The predicted octanol–water partition coefficient (Wildman–Crippen LogP) is 4.01. The van der Waals surface area contributed by atoms with Gasteiger partial charge in [0, 0.05) is 5.56 Å². The molecule has 1 heterocycles. The summed E-state index contributed by atoms with van der Waals surface area (Å²) in [4.78, 5) is 11.9. The van der Waals surface area contributed by atoms with Crippen molar-refractivity contribution in [1.29, 1.82) is 0 Å². The van der Waals surface area contributed by atoms with Crippen molar-refractivity contribution in [2.45, 2.75) is 13.5 Å². The Morgan fingerprint density at radius 1 is 1.04 bits per heavy atom. The van der Waals surface area contributed by atoms with Crippen molar-refractivity contribution in [3.63, 3.8) is 0 Å². The maximum Gasteiger partial charge on any atom is 0.307 e. The first-order valence-electron chi connectivity index (χ1n) is 7.88. The fourth-order valence-electron chi connectivity index (χ4n) is 2.28. The molecular weight excluding hydrogens is 316 g/mol. The van der Waals surface area contributed by atoms with Crippen LogP contribution in [0.25, 0.3) is 0 Å². The number of furan rings is 1. The zero-order chi connectivity index (χ0) is 17.5. The highest BCUT2D eigenvalue weighted by atomic mass is 16.5. The van der Waals surface area contributed by atoms with Gasteiger partial charge in [0.15, 0.2) is 5.76 Å². The van der Waals surface area contributed by atoms with Gasteiger partial charge in [0.25, 0.3) is 0 Å². The van der Waals surface area contributed by atoms with Gasteiger partial charge in [-0.2, -0.15) is 5.10 Å². The number of amides is 1. The van der Waals surface area contributed by atoms with Crippen LogP contribution in [0.2, 0.25) is 0 Å². The third kappa shape index (κ3) is 4.35. The van der Waals surface area contributed by atoms with Crippen molar-refractivity contribution in [3.8, 4) is 5.75 Å². The molecule has 126 valence electrons. The van der Waals surface area contributed by atoms with E-state index in [0.29, 0.717) is 18.1 Å². The van der Waals surface area contributed by atoms with Gasteiger partial charge in [0.2, 0.25) is 0 Å². The maximum absolute atomic E-state index is 11.9. The van der Waals surface area contributed by atoms with Crippen LogP contribution in [0.4, 0.5) is 0 Å². The van der Waals surface area contributed by atoms with Crippen molar-refractivity contribution < 1.29 is 13.9 Å². The highest BCUT2D eigenvalue weighted by Crippen LogP contribution is 2.20. The first kappa shape index (κ1) is 16.5. The van der Waals surface area contributed by atoms with Gasteiger partial charge in [0.1, 0.15) is 12.4 Å². The Balaban J connectivity index is 1.70. The smallest absolute Gasteiger partial charge is 0.307 e. The minimum Gasteiger partial charge on any atom is -0.488 e. The lowest BCUT2D eigenvalue weighted by molar-refractivity contribution is 0.0927. The number of nitrogens with zero attached hydrogens (tertiary/aromatic N) is 1.